The van der Waals surface area contributed by atoms with Gasteiger partial charge in [-0.1, -0.05) is 0 Å². The fourth-order valence-corrected chi connectivity index (χ4v) is 4.04. The molecule has 8 nitrogen and oxygen atoms in total. The normalized spacial score (nSPS) is 13.0. The van der Waals surface area contributed by atoms with Gasteiger partial charge in [0, 0.05) is 30.6 Å². The SMILES string of the molecule is COC(=O)Nc1ccc(-c2cnc3ccc(C(=O)N4CCCc5cc(F)c(F)cc54)cn23)cn1. The zero-order valence-electron chi connectivity index (χ0n) is 18.1. The Balaban J connectivity index is 1.48. The van der Waals surface area contributed by atoms with Gasteiger partial charge in [0.05, 0.1) is 30.3 Å². The van der Waals surface area contributed by atoms with E-state index in [1.807, 2.05) is 0 Å². The smallest absolute Gasteiger partial charge is 0.412 e. The molecule has 1 aliphatic heterocycles. The van der Waals surface area contributed by atoms with Crippen molar-refractivity contribution in [2.24, 2.45) is 0 Å². The molecule has 4 heterocycles. The summed E-state index contributed by atoms with van der Waals surface area (Å²) in [6, 6.07) is 9.00. The minimum atomic E-state index is -0.983. The number of halogens is 2. The summed E-state index contributed by atoms with van der Waals surface area (Å²) in [5, 5.41) is 2.48. The van der Waals surface area contributed by atoms with Gasteiger partial charge in [-0.05, 0) is 48.7 Å². The Hall–Kier alpha value is -4.34. The van der Waals surface area contributed by atoms with E-state index in [0.29, 0.717) is 58.9 Å². The lowest BCUT2D eigenvalue weighted by atomic mass is 10.0. The molecule has 0 radical (unpaired) electrons. The summed E-state index contributed by atoms with van der Waals surface area (Å²) >= 11 is 0. The first kappa shape index (κ1) is 21.5. The number of fused-ring (bicyclic) bond motifs is 2. The third-order valence-electron chi connectivity index (χ3n) is 5.71. The number of pyridine rings is 2. The summed E-state index contributed by atoms with van der Waals surface area (Å²) in [5.74, 6) is -1.89. The zero-order chi connectivity index (χ0) is 23.8. The van der Waals surface area contributed by atoms with E-state index >= 15 is 0 Å². The lowest BCUT2D eigenvalue weighted by Crippen LogP contribution is -2.35. The van der Waals surface area contributed by atoms with Crippen LogP contribution in [-0.4, -0.2) is 40.0 Å². The van der Waals surface area contributed by atoms with Crippen LogP contribution in [-0.2, 0) is 11.2 Å². The molecule has 1 N–H and O–H groups in total. The van der Waals surface area contributed by atoms with E-state index in [4.69, 9.17) is 0 Å². The zero-order valence-corrected chi connectivity index (χ0v) is 18.1. The van der Waals surface area contributed by atoms with Gasteiger partial charge in [0.15, 0.2) is 11.6 Å². The second-order valence-corrected chi connectivity index (χ2v) is 7.79. The van der Waals surface area contributed by atoms with Crippen molar-refractivity contribution in [2.75, 3.05) is 23.9 Å². The summed E-state index contributed by atoms with van der Waals surface area (Å²) in [6.45, 7) is 0.407. The third-order valence-corrected chi connectivity index (χ3v) is 5.71. The highest BCUT2D eigenvalue weighted by molar-refractivity contribution is 6.06. The average molecular weight is 463 g/mol. The number of amides is 2. The van der Waals surface area contributed by atoms with Crippen molar-refractivity contribution in [2.45, 2.75) is 12.8 Å². The maximum absolute atomic E-state index is 13.9. The van der Waals surface area contributed by atoms with E-state index in [0.717, 1.165) is 12.1 Å². The van der Waals surface area contributed by atoms with Gasteiger partial charge in [0.2, 0.25) is 0 Å². The highest BCUT2D eigenvalue weighted by Gasteiger charge is 2.26. The summed E-state index contributed by atoms with van der Waals surface area (Å²) in [5.41, 5.74) is 3.40. The molecule has 1 aromatic carbocycles. The van der Waals surface area contributed by atoms with Gasteiger partial charge in [0.1, 0.15) is 11.5 Å². The van der Waals surface area contributed by atoms with Crippen LogP contribution in [0, 0.1) is 11.6 Å². The molecule has 34 heavy (non-hydrogen) atoms. The van der Waals surface area contributed by atoms with Crippen LogP contribution < -0.4 is 10.2 Å². The topological polar surface area (TPSA) is 88.8 Å². The molecule has 0 atom stereocenters. The second kappa shape index (κ2) is 8.54. The van der Waals surface area contributed by atoms with Gasteiger partial charge in [-0.25, -0.2) is 23.5 Å². The van der Waals surface area contributed by atoms with Crippen molar-refractivity contribution in [1.82, 2.24) is 14.4 Å². The standard InChI is InChI=1S/C24H19F2N5O3/c1-34-24(33)29-21-6-4-15(11-27-21)20-12-28-22-7-5-16(13-31(20)22)23(32)30-8-2-3-14-9-17(25)18(26)10-19(14)30/h4-7,9-13H,2-3,8H2,1H3,(H,27,29,33). The number of carbonyl (C=O) groups excluding carboxylic acids is 2. The highest BCUT2D eigenvalue weighted by atomic mass is 19.2. The Morgan fingerprint density at radius 1 is 1.06 bits per heavy atom. The molecule has 0 fully saturated rings. The molecule has 10 heteroatoms. The predicted molar refractivity (Wildman–Crippen MR) is 121 cm³/mol. The summed E-state index contributed by atoms with van der Waals surface area (Å²) < 4.78 is 33.9. The average Bonchev–Trinajstić information content (AvgIpc) is 3.27. The largest absolute Gasteiger partial charge is 0.453 e. The number of anilines is 2. The number of hydrogen-bond donors (Lipinski definition) is 1. The first-order valence-corrected chi connectivity index (χ1v) is 10.5. The molecule has 172 valence electrons. The summed E-state index contributed by atoms with van der Waals surface area (Å²) in [7, 11) is 1.26. The number of nitrogens with one attached hydrogen (secondary N) is 1. The maximum Gasteiger partial charge on any atom is 0.412 e. The van der Waals surface area contributed by atoms with Crippen LogP contribution >= 0.6 is 0 Å². The molecule has 0 aliphatic carbocycles. The lowest BCUT2D eigenvalue weighted by molar-refractivity contribution is 0.0984. The second-order valence-electron chi connectivity index (χ2n) is 7.79. The summed E-state index contributed by atoms with van der Waals surface area (Å²) in [4.78, 5) is 34.8. The number of nitrogens with zero attached hydrogens (tertiary/aromatic N) is 4. The predicted octanol–water partition coefficient (Wildman–Crippen LogP) is 4.45. The Morgan fingerprint density at radius 3 is 2.65 bits per heavy atom. The van der Waals surface area contributed by atoms with Crippen molar-refractivity contribution >= 4 is 29.2 Å². The van der Waals surface area contributed by atoms with Crippen LogP contribution in [0.2, 0.25) is 0 Å². The number of aromatic nitrogens is 3. The molecule has 0 unspecified atom stereocenters. The number of imidazole rings is 1. The number of hydrogen-bond acceptors (Lipinski definition) is 5. The van der Waals surface area contributed by atoms with Gasteiger partial charge in [0.25, 0.3) is 5.91 Å². The van der Waals surface area contributed by atoms with Crippen molar-refractivity contribution in [3.8, 4) is 11.3 Å². The number of rotatable bonds is 3. The fraction of sp³-hybridized carbons (Fsp3) is 0.167. The molecule has 0 spiro atoms. The maximum atomic E-state index is 13.9. The van der Waals surface area contributed by atoms with Gasteiger partial charge >= 0.3 is 6.09 Å². The minimum Gasteiger partial charge on any atom is -0.453 e. The van der Waals surface area contributed by atoms with Crippen molar-refractivity contribution in [3.05, 3.63) is 77.8 Å². The first-order chi connectivity index (χ1) is 16.4. The lowest BCUT2D eigenvalue weighted by Gasteiger charge is -2.29. The van der Waals surface area contributed by atoms with E-state index in [9.17, 15) is 18.4 Å². The summed E-state index contributed by atoms with van der Waals surface area (Å²) in [6.07, 6.45) is 5.49. The van der Waals surface area contributed by atoms with Crippen LogP contribution in [0.5, 0.6) is 0 Å². The number of aryl methyl sites for hydroxylation is 1. The van der Waals surface area contributed by atoms with Gasteiger partial charge < -0.3 is 9.64 Å². The molecule has 0 bridgehead atoms. The van der Waals surface area contributed by atoms with Gasteiger partial charge in [-0.3, -0.25) is 14.5 Å². The van der Waals surface area contributed by atoms with Crippen LogP contribution in [0.25, 0.3) is 16.9 Å². The van der Waals surface area contributed by atoms with Crippen LogP contribution in [0.15, 0.2) is 55.0 Å². The quantitative estimate of drug-likeness (QED) is 0.485. The van der Waals surface area contributed by atoms with Crippen LogP contribution in [0.3, 0.4) is 0 Å². The van der Waals surface area contributed by atoms with Crippen molar-refractivity contribution in [1.29, 1.82) is 0 Å². The van der Waals surface area contributed by atoms with E-state index in [1.54, 1.807) is 47.3 Å². The van der Waals surface area contributed by atoms with E-state index in [-0.39, 0.29) is 5.91 Å². The van der Waals surface area contributed by atoms with Crippen molar-refractivity contribution < 1.29 is 23.1 Å². The van der Waals surface area contributed by atoms with Gasteiger partial charge in [-0.2, -0.15) is 0 Å². The third kappa shape index (κ3) is 3.83. The number of ether oxygens (including phenoxy) is 1. The Bertz CT molecular complexity index is 1420. The molecular weight excluding hydrogens is 444 g/mol. The molecule has 4 aromatic rings. The van der Waals surface area contributed by atoms with E-state index < -0.39 is 17.7 Å². The number of benzene rings is 1. The highest BCUT2D eigenvalue weighted by Crippen LogP contribution is 2.31. The molecule has 1 aliphatic rings. The Labute approximate surface area is 192 Å². The van der Waals surface area contributed by atoms with Crippen molar-refractivity contribution in [3.63, 3.8) is 0 Å². The Kier molecular flexibility index (Phi) is 5.40. The van der Waals surface area contributed by atoms with E-state index in [1.165, 1.54) is 12.0 Å². The number of methoxy groups -OCH3 is 1. The van der Waals surface area contributed by atoms with E-state index in [2.05, 4.69) is 20.0 Å². The molecular formula is C24H19F2N5O3. The van der Waals surface area contributed by atoms with Crippen LogP contribution in [0.4, 0.5) is 25.1 Å². The first-order valence-electron chi connectivity index (χ1n) is 10.5. The molecule has 0 saturated heterocycles. The molecule has 5 rings (SSSR count). The fourth-order valence-electron chi connectivity index (χ4n) is 4.04. The molecule has 3 aromatic heterocycles. The molecule has 2 amide bonds. The van der Waals surface area contributed by atoms with Gasteiger partial charge in [-0.15, -0.1) is 0 Å². The van der Waals surface area contributed by atoms with Crippen LogP contribution in [0.1, 0.15) is 22.3 Å². The molecule has 0 saturated carbocycles. The monoisotopic (exact) mass is 463 g/mol. The number of carbonyl (C=O) groups is 2. The minimum absolute atomic E-state index is 0.316. The Morgan fingerprint density at radius 2 is 1.88 bits per heavy atom.